The molecule has 0 aromatic rings. The fraction of sp³-hybridized carbons (Fsp3) is 0.923. The third kappa shape index (κ3) is 3.42. The quantitative estimate of drug-likeness (QED) is 0.799. The van der Waals surface area contributed by atoms with Gasteiger partial charge >= 0.3 is 0 Å². The van der Waals surface area contributed by atoms with Crippen molar-refractivity contribution in [2.24, 2.45) is 11.7 Å². The third-order valence-electron chi connectivity index (χ3n) is 4.25. The van der Waals surface area contributed by atoms with E-state index >= 15 is 0 Å². The molecular formula is C13H27N3O. The number of rotatable bonds is 3. The van der Waals surface area contributed by atoms with Crippen LogP contribution in [0.25, 0.3) is 0 Å². The molecule has 1 aliphatic heterocycles. The Kier molecular flexibility index (Phi) is 4.95. The number of nitrogens with two attached hydrogens (primary N) is 1. The van der Waals surface area contributed by atoms with Crippen molar-refractivity contribution < 1.29 is 4.79 Å². The zero-order valence-electron chi connectivity index (χ0n) is 11.8. The Balaban J connectivity index is 2.58. The van der Waals surface area contributed by atoms with Gasteiger partial charge in [-0.05, 0) is 33.7 Å². The Morgan fingerprint density at radius 3 is 2.53 bits per heavy atom. The maximum absolute atomic E-state index is 12.2. The van der Waals surface area contributed by atoms with Crippen LogP contribution < -0.4 is 5.73 Å². The van der Waals surface area contributed by atoms with E-state index in [9.17, 15) is 4.79 Å². The highest BCUT2D eigenvalue weighted by molar-refractivity contribution is 5.79. The molecule has 0 spiro atoms. The average Bonchev–Trinajstić information content (AvgIpc) is 2.29. The van der Waals surface area contributed by atoms with Crippen molar-refractivity contribution in [3.8, 4) is 0 Å². The summed E-state index contributed by atoms with van der Waals surface area (Å²) in [6, 6.07) is 0.846. The molecule has 17 heavy (non-hydrogen) atoms. The highest BCUT2D eigenvalue weighted by atomic mass is 16.2. The highest BCUT2D eigenvalue weighted by Gasteiger charge is 2.30. The van der Waals surface area contributed by atoms with Gasteiger partial charge in [-0.15, -0.1) is 0 Å². The molecule has 4 unspecified atom stereocenters. The van der Waals surface area contributed by atoms with Gasteiger partial charge in [0.25, 0.3) is 0 Å². The van der Waals surface area contributed by atoms with Gasteiger partial charge in [0, 0.05) is 31.7 Å². The Morgan fingerprint density at radius 2 is 2.06 bits per heavy atom. The van der Waals surface area contributed by atoms with E-state index in [-0.39, 0.29) is 17.9 Å². The smallest absolute Gasteiger partial charge is 0.226 e. The largest absolute Gasteiger partial charge is 0.342 e. The fourth-order valence-corrected chi connectivity index (χ4v) is 2.34. The van der Waals surface area contributed by atoms with E-state index < -0.39 is 0 Å². The summed E-state index contributed by atoms with van der Waals surface area (Å²) in [5, 5.41) is 0. The molecule has 1 fully saturated rings. The SMILES string of the molecule is CC(N)C(C)C(=O)N(C)C1CCN(C)C(C)C1. The number of carbonyl (C=O) groups excluding carboxylic acids is 1. The molecule has 1 rings (SSSR count). The van der Waals surface area contributed by atoms with Crippen LogP contribution in [0.1, 0.15) is 33.6 Å². The lowest BCUT2D eigenvalue weighted by atomic mass is 9.95. The van der Waals surface area contributed by atoms with Crippen LogP contribution in [-0.2, 0) is 4.79 Å². The predicted octanol–water partition coefficient (Wildman–Crippen LogP) is 0.911. The summed E-state index contributed by atoms with van der Waals surface area (Å²) in [6.07, 6.45) is 2.12. The van der Waals surface area contributed by atoms with Crippen LogP contribution in [0.5, 0.6) is 0 Å². The first kappa shape index (κ1) is 14.5. The average molecular weight is 241 g/mol. The second-order valence-electron chi connectivity index (χ2n) is 5.60. The molecule has 0 bridgehead atoms. The van der Waals surface area contributed by atoms with Gasteiger partial charge in [-0.25, -0.2) is 0 Å². The maximum Gasteiger partial charge on any atom is 0.226 e. The van der Waals surface area contributed by atoms with Crippen LogP contribution in [0.2, 0.25) is 0 Å². The van der Waals surface area contributed by atoms with E-state index in [4.69, 9.17) is 5.73 Å². The van der Waals surface area contributed by atoms with Crippen molar-refractivity contribution in [3.05, 3.63) is 0 Å². The molecule has 1 amide bonds. The minimum absolute atomic E-state index is 0.0753. The molecule has 2 N–H and O–H groups in total. The van der Waals surface area contributed by atoms with Crippen LogP contribution in [0.4, 0.5) is 0 Å². The number of hydrogen-bond acceptors (Lipinski definition) is 3. The summed E-state index contributed by atoms with van der Waals surface area (Å²) in [5.74, 6) is 0.0942. The van der Waals surface area contributed by atoms with E-state index in [1.54, 1.807) is 0 Å². The lowest BCUT2D eigenvalue weighted by Gasteiger charge is -2.40. The first-order valence-electron chi connectivity index (χ1n) is 6.57. The summed E-state index contributed by atoms with van der Waals surface area (Å²) in [6.45, 7) is 7.10. The van der Waals surface area contributed by atoms with E-state index in [1.807, 2.05) is 25.8 Å². The molecule has 1 saturated heterocycles. The van der Waals surface area contributed by atoms with Crippen molar-refractivity contribution in [1.82, 2.24) is 9.80 Å². The lowest BCUT2D eigenvalue weighted by molar-refractivity contribution is -0.137. The van der Waals surface area contributed by atoms with Gasteiger partial charge in [0.1, 0.15) is 0 Å². The number of nitrogens with zero attached hydrogens (tertiary/aromatic N) is 2. The Labute approximate surface area is 105 Å². The minimum Gasteiger partial charge on any atom is -0.342 e. The van der Waals surface area contributed by atoms with Crippen molar-refractivity contribution in [2.45, 2.75) is 51.7 Å². The van der Waals surface area contributed by atoms with E-state index in [2.05, 4.69) is 18.9 Å². The van der Waals surface area contributed by atoms with E-state index in [0.29, 0.717) is 12.1 Å². The monoisotopic (exact) mass is 241 g/mol. The molecular weight excluding hydrogens is 214 g/mol. The zero-order valence-corrected chi connectivity index (χ0v) is 11.8. The van der Waals surface area contributed by atoms with Crippen LogP contribution in [-0.4, -0.2) is 54.5 Å². The Hall–Kier alpha value is -0.610. The first-order chi connectivity index (χ1) is 7.84. The topological polar surface area (TPSA) is 49.6 Å². The summed E-state index contributed by atoms with van der Waals surface area (Å²) in [7, 11) is 4.07. The van der Waals surface area contributed by atoms with Gasteiger partial charge in [0.05, 0.1) is 5.92 Å². The van der Waals surface area contributed by atoms with Crippen molar-refractivity contribution in [2.75, 3.05) is 20.6 Å². The molecule has 4 heteroatoms. The van der Waals surface area contributed by atoms with Crippen LogP contribution in [0.3, 0.4) is 0 Å². The first-order valence-corrected chi connectivity index (χ1v) is 6.57. The van der Waals surface area contributed by atoms with Crippen molar-refractivity contribution in [3.63, 3.8) is 0 Å². The van der Waals surface area contributed by atoms with E-state index in [1.165, 1.54) is 0 Å². The van der Waals surface area contributed by atoms with Crippen LogP contribution in [0.15, 0.2) is 0 Å². The van der Waals surface area contributed by atoms with Gasteiger partial charge in [0.15, 0.2) is 0 Å². The molecule has 0 aliphatic carbocycles. The molecule has 4 atom stereocenters. The third-order valence-corrected chi connectivity index (χ3v) is 4.25. The molecule has 100 valence electrons. The normalized spacial score (nSPS) is 29.8. The molecule has 1 heterocycles. The second kappa shape index (κ2) is 5.83. The Bertz CT molecular complexity index is 267. The Morgan fingerprint density at radius 1 is 1.47 bits per heavy atom. The second-order valence-corrected chi connectivity index (χ2v) is 5.60. The van der Waals surface area contributed by atoms with E-state index in [0.717, 1.165) is 19.4 Å². The van der Waals surface area contributed by atoms with Crippen molar-refractivity contribution >= 4 is 5.91 Å². The fourth-order valence-electron chi connectivity index (χ4n) is 2.34. The highest BCUT2D eigenvalue weighted by Crippen LogP contribution is 2.21. The van der Waals surface area contributed by atoms with Gasteiger partial charge in [-0.3, -0.25) is 4.79 Å². The molecule has 1 aliphatic rings. The summed E-state index contributed by atoms with van der Waals surface area (Å²) < 4.78 is 0. The van der Waals surface area contributed by atoms with Gasteiger partial charge in [-0.2, -0.15) is 0 Å². The molecule has 4 nitrogen and oxygen atoms in total. The van der Waals surface area contributed by atoms with Crippen LogP contribution in [0, 0.1) is 5.92 Å². The number of piperidine rings is 1. The predicted molar refractivity (Wildman–Crippen MR) is 70.7 cm³/mol. The molecule has 0 aromatic heterocycles. The maximum atomic E-state index is 12.2. The van der Waals surface area contributed by atoms with Crippen LogP contribution >= 0.6 is 0 Å². The summed E-state index contributed by atoms with van der Waals surface area (Å²) in [4.78, 5) is 16.5. The lowest BCUT2D eigenvalue weighted by Crippen LogP contribution is -2.50. The van der Waals surface area contributed by atoms with Crippen molar-refractivity contribution in [1.29, 1.82) is 0 Å². The minimum atomic E-state index is -0.0880. The number of likely N-dealkylation sites (tertiary alicyclic amines) is 1. The molecule has 0 aromatic carbocycles. The zero-order chi connectivity index (χ0) is 13.2. The van der Waals surface area contributed by atoms with Gasteiger partial charge in [-0.1, -0.05) is 6.92 Å². The summed E-state index contributed by atoms with van der Waals surface area (Å²) >= 11 is 0. The molecule has 0 radical (unpaired) electrons. The number of hydrogen-bond donors (Lipinski definition) is 1. The number of carbonyl (C=O) groups is 1. The number of amides is 1. The standard InChI is InChI=1S/C13H27N3O/c1-9-8-12(6-7-15(9)4)16(5)13(17)10(2)11(3)14/h9-12H,6-8,14H2,1-5H3. The molecule has 0 saturated carbocycles. The van der Waals surface area contributed by atoms with Gasteiger partial charge in [0.2, 0.25) is 5.91 Å². The summed E-state index contributed by atoms with van der Waals surface area (Å²) in [5.41, 5.74) is 5.80. The van der Waals surface area contributed by atoms with Gasteiger partial charge < -0.3 is 15.5 Å².